The maximum atomic E-state index is 12.3. The van der Waals surface area contributed by atoms with Gasteiger partial charge in [0.1, 0.15) is 11.5 Å². The number of hydrogen-bond acceptors (Lipinski definition) is 5. The van der Waals surface area contributed by atoms with E-state index in [4.69, 9.17) is 0 Å². The second kappa shape index (κ2) is 8.33. The molecule has 0 aliphatic rings. The summed E-state index contributed by atoms with van der Waals surface area (Å²) in [5.41, 5.74) is 2.74. The minimum absolute atomic E-state index is 0.0123. The fraction of sp³-hybridized carbons (Fsp3) is 0.471. The average Bonchev–Trinajstić information content (AvgIpc) is 2.43. The Morgan fingerprint density at radius 3 is 2.25 bits per heavy atom. The number of amides is 2. The van der Waals surface area contributed by atoms with E-state index >= 15 is 0 Å². The van der Waals surface area contributed by atoms with Crippen LogP contribution in [0.2, 0.25) is 0 Å². The summed E-state index contributed by atoms with van der Waals surface area (Å²) in [7, 11) is 0. The lowest BCUT2D eigenvalue weighted by Gasteiger charge is -2.30. The van der Waals surface area contributed by atoms with E-state index in [1.165, 1.54) is 12.1 Å². The summed E-state index contributed by atoms with van der Waals surface area (Å²) in [4.78, 5) is 26.0. The van der Waals surface area contributed by atoms with Gasteiger partial charge in [-0.1, -0.05) is 0 Å². The number of benzene rings is 1. The minimum Gasteiger partial charge on any atom is -0.508 e. The van der Waals surface area contributed by atoms with Crippen molar-refractivity contribution in [3.05, 3.63) is 23.8 Å². The van der Waals surface area contributed by atoms with E-state index in [1.54, 1.807) is 11.8 Å². The van der Waals surface area contributed by atoms with Gasteiger partial charge in [-0.3, -0.25) is 9.59 Å². The second-order valence-corrected chi connectivity index (χ2v) is 6.15. The molecule has 24 heavy (non-hydrogen) atoms. The molecular formula is C17H25N3O4. The third kappa shape index (κ3) is 5.26. The quantitative estimate of drug-likeness (QED) is 0.548. The summed E-state index contributed by atoms with van der Waals surface area (Å²) in [5.74, 6) is -1.18. The molecule has 0 saturated carbocycles. The molecular weight excluding hydrogens is 310 g/mol. The van der Waals surface area contributed by atoms with E-state index in [9.17, 15) is 19.8 Å². The number of carbonyl (C=O) groups is 2. The van der Waals surface area contributed by atoms with Crippen LogP contribution in [0, 0.1) is 0 Å². The zero-order valence-corrected chi connectivity index (χ0v) is 14.7. The molecule has 0 radical (unpaired) electrons. The number of phenolic OH excluding ortho intramolecular Hbond substituents is 2. The number of hydrogen-bond donors (Lipinski definition) is 3. The smallest absolute Gasteiger partial charge is 0.275 e. The molecule has 0 fully saturated rings. The molecule has 0 heterocycles. The molecule has 2 amide bonds. The molecule has 0 atom stereocenters. The maximum Gasteiger partial charge on any atom is 0.275 e. The number of hydrazone groups is 1. The predicted octanol–water partition coefficient (Wildman–Crippen LogP) is 2.24. The van der Waals surface area contributed by atoms with Crippen molar-refractivity contribution in [1.82, 2.24) is 10.3 Å². The molecule has 0 aliphatic heterocycles. The zero-order valence-electron chi connectivity index (χ0n) is 14.7. The summed E-state index contributed by atoms with van der Waals surface area (Å²) in [6, 6.07) is 3.80. The van der Waals surface area contributed by atoms with Crippen molar-refractivity contribution in [2.45, 2.75) is 53.1 Å². The van der Waals surface area contributed by atoms with Crippen LogP contribution in [0.1, 0.15) is 51.4 Å². The molecule has 0 aromatic heterocycles. The Kier molecular flexibility index (Phi) is 6.76. The highest BCUT2D eigenvalue weighted by Gasteiger charge is 2.20. The van der Waals surface area contributed by atoms with Gasteiger partial charge in [0, 0.05) is 23.9 Å². The van der Waals surface area contributed by atoms with Crippen molar-refractivity contribution in [3.63, 3.8) is 0 Å². The highest BCUT2D eigenvalue weighted by atomic mass is 16.3. The monoisotopic (exact) mass is 335 g/mol. The Balaban J connectivity index is 2.73. The summed E-state index contributed by atoms with van der Waals surface area (Å²) >= 11 is 0. The molecule has 0 aliphatic carbocycles. The summed E-state index contributed by atoms with van der Waals surface area (Å²) in [6.07, 6.45) is 0.0954. The zero-order chi connectivity index (χ0) is 18.4. The largest absolute Gasteiger partial charge is 0.508 e. The van der Waals surface area contributed by atoms with Crippen LogP contribution in [0.25, 0.3) is 0 Å². The molecule has 0 spiro atoms. The Bertz CT molecular complexity index is 631. The van der Waals surface area contributed by atoms with E-state index < -0.39 is 5.91 Å². The number of nitrogens with one attached hydrogen (secondary N) is 1. The van der Waals surface area contributed by atoms with Crippen LogP contribution >= 0.6 is 0 Å². The summed E-state index contributed by atoms with van der Waals surface area (Å²) in [6.45, 7) is 9.42. The highest BCUT2D eigenvalue weighted by molar-refractivity contribution is 6.02. The van der Waals surface area contributed by atoms with Gasteiger partial charge in [-0.15, -0.1) is 0 Å². The molecule has 3 N–H and O–H groups in total. The fourth-order valence-electron chi connectivity index (χ4n) is 2.44. The topological polar surface area (TPSA) is 102 Å². The van der Waals surface area contributed by atoms with Crippen molar-refractivity contribution in [1.29, 1.82) is 0 Å². The van der Waals surface area contributed by atoms with Gasteiger partial charge in [-0.2, -0.15) is 5.10 Å². The van der Waals surface area contributed by atoms with Gasteiger partial charge < -0.3 is 15.1 Å². The molecule has 0 unspecified atom stereocenters. The van der Waals surface area contributed by atoms with Gasteiger partial charge in [-0.05, 0) is 46.8 Å². The van der Waals surface area contributed by atoms with Gasteiger partial charge in [-0.25, -0.2) is 5.43 Å². The van der Waals surface area contributed by atoms with Crippen molar-refractivity contribution >= 4 is 17.5 Å². The number of carbonyl (C=O) groups excluding carboxylic acids is 2. The summed E-state index contributed by atoms with van der Waals surface area (Å²) < 4.78 is 0. The minimum atomic E-state index is -0.621. The molecule has 0 bridgehead atoms. The summed E-state index contributed by atoms with van der Waals surface area (Å²) in [5, 5.41) is 22.8. The first-order valence-corrected chi connectivity index (χ1v) is 7.80. The van der Waals surface area contributed by atoms with Crippen LogP contribution in [0.4, 0.5) is 0 Å². The first-order chi connectivity index (χ1) is 11.1. The number of rotatable bonds is 6. The molecule has 132 valence electrons. The molecule has 7 nitrogen and oxygen atoms in total. The SMILES string of the molecule is C/C(CC(=O)N(C(C)C)C(C)C)=N\NC(=O)c1ccc(O)cc1O. The van der Waals surface area contributed by atoms with Crippen LogP contribution in [-0.4, -0.2) is 44.7 Å². The number of nitrogens with zero attached hydrogens (tertiary/aromatic N) is 2. The Labute approximate surface area is 142 Å². The van der Waals surface area contributed by atoms with Crippen LogP contribution in [0.15, 0.2) is 23.3 Å². The third-order valence-electron chi connectivity index (χ3n) is 3.38. The van der Waals surface area contributed by atoms with Crippen LogP contribution < -0.4 is 5.43 Å². The fourth-order valence-corrected chi connectivity index (χ4v) is 2.44. The van der Waals surface area contributed by atoms with E-state index in [0.717, 1.165) is 6.07 Å². The van der Waals surface area contributed by atoms with Crippen molar-refractivity contribution in [2.75, 3.05) is 0 Å². The van der Waals surface area contributed by atoms with Crippen LogP contribution in [0.5, 0.6) is 11.5 Å². The lowest BCUT2D eigenvalue weighted by Crippen LogP contribution is -2.42. The molecule has 7 heteroatoms. The number of aromatic hydroxyl groups is 2. The van der Waals surface area contributed by atoms with Crippen molar-refractivity contribution < 1.29 is 19.8 Å². The van der Waals surface area contributed by atoms with Crippen LogP contribution in [0.3, 0.4) is 0 Å². The maximum absolute atomic E-state index is 12.3. The molecule has 1 aromatic carbocycles. The first-order valence-electron chi connectivity index (χ1n) is 7.80. The highest BCUT2D eigenvalue weighted by Crippen LogP contribution is 2.22. The van der Waals surface area contributed by atoms with E-state index in [0.29, 0.717) is 5.71 Å². The second-order valence-electron chi connectivity index (χ2n) is 6.15. The Morgan fingerprint density at radius 1 is 1.17 bits per heavy atom. The lowest BCUT2D eigenvalue weighted by atomic mass is 10.2. The normalized spacial score (nSPS) is 11.7. The standard InChI is InChI=1S/C17H25N3O4/c1-10(2)20(11(3)4)16(23)8-12(5)18-19-17(24)14-7-6-13(21)9-15(14)22/h6-7,9-11,21-22H,8H2,1-5H3,(H,19,24)/b18-12+. The molecule has 1 aromatic rings. The van der Waals surface area contributed by atoms with Crippen molar-refractivity contribution in [2.24, 2.45) is 5.10 Å². The van der Waals surface area contributed by atoms with Gasteiger partial charge >= 0.3 is 0 Å². The van der Waals surface area contributed by atoms with Crippen LogP contribution in [-0.2, 0) is 4.79 Å². The molecule has 1 rings (SSSR count). The van der Waals surface area contributed by atoms with Gasteiger partial charge in [0.15, 0.2) is 0 Å². The van der Waals surface area contributed by atoms with E-state index in [1.807, 2.05) is 27.7 Å². The van der Waals surface area contributed by atoms with Gasteiger partial charge in [0.25, 0.3) is 5.91 Å². The average molecular weight is 335 g/mol. The Hall–Kier alpha value is -2.57. The van der Waals surface area contributed by atoms with Gasteiger partial charge in [0.05, 0.1) is 12.0 Å². The predicted molar refractivity (Wildman–Crippen MR) is 92.1 cm³/mol. The first kappa shape index (κ1) is 19.5. The number of phenols is 2. The van der Waals surface area contributed by atoms with E-state index in [-0.39, 0.29) is 41.5 Å². The third-order valence-corrected chi connectivity index (χ3v) is 3.38. The van der Waals surface area contributed by atoms with Crippen molar-refractivity contribution in [3.8, 4) is 11.5 Å². The Morgan fingerprint density at radius 2 is 1.75 bits per heavy atom. The van der Waals surface area contributed by atoms with E-state index in [2.05, 4.69) is 10.5 Å². The molecule has 0 saturated heterocycles. The van der Waals surface area contributed by atoms with Gasteiger partial charge in [0.2, 0.25) is 5.91 Å². The lowest BCUT2D eigenvalue weighted by molar-refractivity contribution is -0.133.